The van der Waals surface area contributed by atoms with Gasteiger partial charge in [-0.1, -0.05) is 59.1 Å². The first-order valence-corrected chi connectivity index (χ1v) is 12.7. The number of halogens is 3. The molecule has 1 heterocycles. The predicted octanol–water partition coefficient (Wildman–Crippen LogP) is 6.91. The lowest BCUT2D eigenvalue weighted by Crippen LogP contribution is -2.27. The molecule has 0 aliphatic carbocycles. The van der Waals surface area contributed by atoms with Crippen LogP contribution in [0.5, 0.6) is 11.5 Å². The topological polar surface area (TPSA) is 84.9 Å². The lowest BCUT2D eigenvalue weighted by atomic mass is 10.1. The zero-order valence-electron chi connectivity index (χ0n) is 19.3. The Bertz CT molecular complexity index is 1400. The van der Waals surface area contributed by atoms with Gasteiger partial charge < -0.3 is 14.8 Å². The lowest BCUT2D eigenvalue weighted by molar-refractivity contribution is -0.123. The monoisotopic (exact) mass is 576 g/mol. The molecule has 7 nitrogen and oxygen atoms in total. The number of carbonyl (C=O) groups excluding carboxylic acids is 3. The van der Waals surface area contributed by atoms with Gasteiger partial charge in [0.05, 0.1) is 34.3 Å². The fourth-order valence-electron chi connectivity index (χ4n) is 3.41. The highest BCUT2D eigenvalue weighted by Crippen LogP contribution is 2.39. The van der Waals surface area contributed by atoms with Crippen molar-refractivity contribution in [2.24, 2.45) is 0 Å². The molecule has 4 rings (SSSR count). The van der Waals surface area contributed by atoms with Crippen LogP contribution < -0.4 is 14.8 Å². The van der Waals surface area contributed by atoms with Gasteiger partial charge in [-0.2, -0.15) is 0 Å². The van der Waals surface area contributed by atoms with Crippen LogP contribution >= 0.6 is 46.6 Å². The van der Waals surface area contributed by atoms with Crippen LogP contribution in [0.3, 0.4) is 0 Å². The van der Waals surface area contributed by atoms with Crippen LogP contribution in [0, 0.1) is 0 Å². The van der Waals surface area contributed by atoms with Crippen LogP contribution in [0.25, 0.3) is 6.08 Å². The minimum atomic E-state index is -0.440. The van der Waals surface area contributed by atoms with Gasteiger partial charge in [0.25, 0.3) is 17.1 Å². The number of carbonyl (C=O) groups is 3. The summed E-state index contributed by atoms with van der Waals surface area (Å²) < 4.78 is 11.0. The molecule has 0 bridgehead atoms. The molecule has 11 heteroatoms. The largest absolute Gasteiger partial charge is 0.493 e. The second-order valence-corrected chi connectivity index (χ2v) is 9.99. The number of hydrogen-bond acceptors (Lipinski definition) is 6. The summed E-state index contributed by atoms with van der Waals surface area (Å²) in [7, 11) is 1.42. The van der Waals surface area contributed by atoms with Crippen LogP contribution in [0.15, 0.2) is 65.6 Å². The fourth-order valence-corrected chi connectivity index (χ4v) is 4.83. The standard InChI is InChI=1S/C26H19Cl3N2O5S/c1-35-21-11-16(10-19(29)24(21)36-14-23(32)30-20-5-3-2-4-18(20)28)12-22-25(33)31(26(34)37-22)13-15-6-8-17(27)9-7-15/h2-12H,13-14H2,1H3,(H,30,32)/b22-12-. The van der Waals surface area contributed by atoms with Crippen molar-refractivity contribution in [3.63, 3.8) is 0 Å². The minimum absolute atomic E-state index is 0.131. The summed E-state index contributed by atoms with van der Waals surface area (Å²) in [6, 6.07) is 16.9. The van der Waals surface area contributed by atoms with Gasteiger partial charge in [0.15, 0.2) is 18.1 Å². The molecule has 0 aromatic heterocycles. The summed E-state index contributed by atoms with van der Waals surface area (Å²) in [6.07, 6.45) is 1.55. The molecule has 0 spiro atoms. The Kier molecular flexibility index (Phi) is 8.66. The lowest BCUT2D eigenvalue weighted by Gasteiger charge is -2.14. The van der Waals surface area contributed by atoms with Crippen molar-refractivity contribution in [2.45, 2.75) is 6.54 Å². The first-order chi connectivity index (χ1) is 17.7. The molecule has 1 aliphatic heterocycles. The van der Waals surface area contributed by atoms with Crippen molar-refractivity contribution in [3.05, 3.63) is 91.8 Å². The fraction of sp³-hybridized carbons (Fsp3) is 0.115. The van der Waals surface area contributed by atoms with Crippen LogP contribution in [-0.4, -0.2) is 35.7 Å². The number of ether oxygens (including phenoxy) is 2. The molecule has 0 atom stereocenters. The van der Waals surface area contributed by atoms with Crippen molar-refractivity contribution in [2.75, 3.05) is 19.0 Å². The van der Waals surface area contributed by atoms with Crippen LogP contribution in [0.2, 0.25) is 15.1 Å². The molecule has 1 aliphatic rings. The maximum Gasteiger partial charge on any atom is 0.293 e. The molecule has 1 saturated heterocycles. The van der Waals surface area contributed by atoms with E-state index in [9.17, 15) is 14.4 Å². The zero-order valence-corrected chi connectivity index (χ0v) is 22.4. The van der Waals surface area contributed by atoms with E-state index >= 15 is 0 Å². The molecule has 1 fully saturated rings. The Morgan fingerprint density at radius 1 is 1.03 bits per heavy atom. The van der Waals surface area contributed by atoms with E-state index < -0.39 is 11.8 Å². The molecule has 190 valence electrons. The van der Waals surface area contributed by atoms with E-state index in [1.807, 2.05) is 0 Å². The van der Waals surface area contributed by atoms with E-state index in [1.165, 1.54) is 7.11 Å². The minimum Gasteiger partial charge on any atom is -0.493 e. The highest BCUT2D eigenvalue weighted by molar-refractivity contribution is 8.18. The molecule has 1 N–H and O–H groups in total. The van der Waals surface area contributed by atoms with Gasteiger partial charge in [-0.05, 0) is 65.4 Å². The van der Waals surface area contributed by atoms with E-state index in [0.29, 0.717) is 21.3 Å². The first kappa shape index (κ1) is 26.9. The molecular formula is C26H19Cl3N2O5S. The number of rotatable bonds is 8. The smallest absolute Gasteiger partial charge is 0.293 e. The number of thioether (sulfide) groups is 1. The van der Waals surface area contributed by atoms with E-state index in [1.54, 1.807) is 66.7 Å². The zero-order chi connectivity index (χ0) is 26.5. The Labute approximate surface area is 232 Å². The summed E-state index contributed by atoms with van der Waals surface area (Å²) >= 11 is 19.2. The van der Waals surface area contributed by atoms with Crippen molar-refractivity contribution in [1.29, 1.82) is 0 Å². The Balaban J connectivity index is 1.47. The Morgan fingerprint density at radius 3 is 2.46 bits per heavy atom. The first-order valence-electron chi connectivity index (χ1n) is 10.8. The number of imide groups is 1. The number of benzene rings is 3. The van der Waals surface area contributed by atoms with E-state index in [4.69, 9.17) is 44.3 Å². The summed E-state index contributed by atoms with van der Waals surface area (Å²) in [5.74, 6) is -0.447. The second-order valence-electron chi connectivity index (χ2n) is 7.75. The quantitative estimate of drug-likeness (QED) is 0.293. The van der Waals surface area contributed by atoms with E-state index in [-0.39, 0.29) is 39.8 Å². The third-order valence-corrected chi connectivity index (χ3v) is 6.94. The third-order valence-electron chi connectivity index (χ3n) is 5.17. The van der Waals surface area contributed by atoms with Crippen molar-refractivity contribution >= 4 is 75.4 Å². The second kappa shape index (κ2) is 11.9. The molecule has 0 saturated carbocycles. The summed E-state index contributed by atoms with van der Waals surface area (Å²) in [5, 5.41) is 3.40. The maximum absolute atomic E-state index is 12.9. The molecule has 3 aromatic rings. The average Bonchev–Trinajstić information content (AvgIpc) is 3.13. The predicted molar refractivity (Wildman–Crippen MR) is 147 cm³/mol. The van der Waals surface area contributed by atoms with Gasteiger partial charge in [-0.15, -0.1) is 0 Å². The average molecular weight is 578 g/mol. The van der Waals surface area contributed by atoms with Crippen LogP contribution in [-0.2, 0) is 16.1 Å². The molecular weight excluding hydrogens is 559 g/mol. The van der Waals surface area contributed by atoms with Crippen molar-refractivity contribution in [1.82, 2.24) is 4.90 Å². The van der Waals surface area contributed by atoms with Gasteiger partial charge in [0.2, 0.25) is 0 Å². The summed E-state index contributed by atoms with van der Waals surface area (Å²) in [6.45, 7) is -0.212. The molecule has 37 heavy (non-hydrogen) atoms. The van der Waals surface area contributed by atoms with E-state index in [0.717, 1.165) is 22.2 Å². The number of nitrogens with one attached hydrogen (secondary N) is 1. The molecule has 3 aromatic carbocycles. The summed E-state index contributed by atoms with van der Waals surface area (Å²) in [4.78, 5) is 39.1. The van der Waals surface area contributed by atoms with Gasteiger partial charge in [0, 0.05) is 5.02 Å². The van der Waals surface area contributed by atoms with E-state index in [2.05, 4.69) is 5.32 Å². The number of nitrogens with zero attached hydrogens (tertiary/aromatic N) is 1. The molecule has 3 amide bonds. The number of anilines is 1. The van der Waals surface area contributed by atoms with Gasteiger partial charge >= 0.3 is 0 Å². The van der Waals surface area contributed by atoms with Crippen LogP contribution in [0.4, 0.5) is 10.5 Å². The van der Waals surface area contributed by atoms with Gasteiger partial charge in [0.1, 0.15) is 0 Å². The normalized spacial score (nSPS) is 14.3. The Morgan fingerprint density at radius 2 is 1.76 bits per heavy atom. The maximum atomic E-state index is 12.9. The molecule has 0 radical (unpaired) electrons. The number of amides is 3. The third kappa shape index (κ3) is 6.59. The highest BCUT2D eigenvalue weighted by atomic mass is 35.5. The highest BCUT2D eigenvalue weighted by Gasteiger charge is 2.35. The number of para-hydroxylation sites is 1. The van der Waals surface area contributed by atoms with Crippen molar-refractivity contribution < 1.29 is 23.9 Å². The van der Waals surface area contributed by atoms with Crippen molar-refractivity contribution in [3.8, 4) is 11.5 Å². The van der Waals surface area contributed by atoms with Gasteiger partial charge in [-0.25, -0.2) is 0 Å². The van der Waals surface area contributed by atoms with Gasteiger partial charge in [-0.3, -0.25) is 19.3 Å². The number of methoxy groups -OCH3 is 1. The number of hydrogen-bond donors (Lipinski definition) is 1. The van der Waals surface area contributed by atoms with Crippen LogP contribution in [0.1, 0.15) is 11.1 Å². The SMILES string of the molecule is COc1cc(/C=C2\SC(=O)N(Cc3ccc(Cl)cc3)C2=O)cc(Cl)c1OCC(=O)Nc1ccccc1Cl. The molecule has 0 unspecified atom stereocenters. The summed E-state index contributed by atoms with van der Waals surface area (Å²) in [5.41, 5.74) is 1.75. The Hall–Kier alpha value is -3.17.